The first kappa shape index (κ1) is 11.6. The molecule has 0 bridgehead atoms. The Morgan fingerprint density at radius 3 is 2.47 bits per heavy atom. The average Bonchev–Trinajstić information content (AvgIpc) is 2.14. The van der Waals surface area contributed by atoms with Crippen molar-refractivity contribution < 1.29 is 12.8 Å². The second kappa shape index (κ2) is 3.98. The van der Waals surface area contributed by atoms with Gasteiger partial charge in [0.25, 0.3) is 0 Å². The second-order valence-electron chi connectivity index (χ2n) is 3.03. The van der Waals surface area contributed by atoms with Crippen molar-refractivity contribution in [3.63, 3.8) is 0 Å². The maximum absolute atomic E-state index is 13.4. The summed E-state index contributed by atoms with van der Waals surface area (Å²) in [5, 5.41) is 0. The number of sulfone groups is 1. The lowest BCUT2D eigenvalue weighted by Gasteiger charge is -2.03. The minimum atomic E-state index is -3.54. The van der Waals surface area contributed by atoms with Crippen LogP contribution in [0, 0.1) is 5.82 Å². The zero-order valence-electron chi connectivity index (χ0n) is 8.36. The van der Waals surface area contributed by atoms with Crippen molar-refractivity contribution in [3.8, 4) is 0 Å². The molecule has 0 fully saturated rings. The van der Waals surface area contributed by atoms with Gasteiger partial charge in [0, 0.05) is 18.9 Å². The van der Waals surface area contributed by atoms with Gasteiger partial charge in [-0.3, -0.25) is 4.99 Å². The molecule has 6 heteroatoms. The molecule has 4 nitrogen and oxygen atoms in total. The molecule has 0 aliphatic heterocycles. The largest absolute Gasteiger partial charge is 0.384 e. The standard InChI is InChI=1S/C9H11FN2O2S/c1-12-9(11)6-3-4-8(7(10)5-6)15(2,13)14/h3-5H,1-2H3,(H2,11,12). The molecular weight excluding hydrogens is 219 g/mol. The predicted octanol–water partition coefficient (Wildman–Crippen LogP) is 0.564. The van der Waals surface area contributed by atoms with E-state index in [2.05, 4.69) is 4.99 Å². The Labute approximate surface area is 87.6 Å². The smallest absolute Gasteiger partial charge is 0.178 e. The van der Waals surface area contributed by atoms with E-state index < -0.39 is 15.7 Å². The second-order valence-corrected chi connectivity index (χ2v) is 5.01. The fourth-order valence-electron chi connectivity index (χ4n) is 1.09. The molecule has 2 N–H and O–H groups in total. The molecule has 82 valence electrons. The number of halogens is 1. The van der Waals surface area contributed by atoms with Crippen LogP contribution in [0.2, 0.25) is 0 Å². The summed E-state index contributed by atoms with van der Waals surface area (Å²) in [7, 11) is -2.07. The lowest BCUT2D eigenvalue weighted by atomic mass is 10.2. The number of aliphatic imine (C=N–C) groups is 1. The summed E-state index contributed by atoms with van der Waals surface area (Å²) in [6.07, 6.45) is 0.947. The van der Waals surface area contributed by atoms with Gasteiger partial charge < -0.3 is 5.73 Å². The molecule has 0 atom stereocenters. The van der Waals surface area contributed by atoms with Crippen LogP contribution >= 0.6 is 0 Å². The molecule has 0 aromatic heterocycles. The minimum Gasteiger partial charge on any atom is -0.384 e. The Kier molecular flexibility index (Phi) is 3.09. The molecule has 0 aliphatic carbocycles. The predicted molar refractivity (Wildman–Crippen MR) is 56.2 cm³/mol. The molecule has 0 radical (unpaired) electrons. The van der Waals surface area contributed by atoms with Gasteiger partial charge in [-0.15, -0.1) is 0 Å². The van der Waals surface area contributed by atoms with Crippen LogP contribution in [0.5, 0.6) is 0 Å². The Balaban J connectivity index is 3.33. The SMILES string of the molecule is CN=C(N)c1ccc(S(C)(=O)=O)c(F)c1. The van der Waals surface area contributed by atoms with Crippen molar-refractivity contribution in [2.75, 3.05) is 13.3 Å². The van der Waals surface area contributed by atoms with E-state index >= 15 is 0 Å². The van der Waals surface area contributed by atoms with Crippen LogP contribution < -0.4 is 5.73 Å². The zero-order chi connectivity index (χ0) is 11.6. The summed E-state index contributed by atoms with van der Waals surface area (Å²) in [6.45, 7) is 0. The van der Waals surface area contributed by atoms with E-state index in [-0.39, 0.29) is 10.7 Å². The summed E-state index contributed by atoms with van der Waals surface area (Å²) in [5.41, 5.74) is 5.82. The summed E-state index contributed by atoms with van der Waals surface area (Å²) >= 11 is 0. The highest BCUT2D eigenvalue weighted by molar-refractivity contribution is 7.90. The number of amidine groups is 1. The number of rotatable bonds is 2. The van der Waals surface area contributed by atoms with Gasteiger partial charge in [0.2, 0.25) is 0 Å². The van der Waals surface area contributed by atoms with Gasteiger partial charge in [-0.25, -0.2) is 12.8 Å². The third-order valence-electron chi connectivity index (χ3n) is 1.87. The van der Waals surface area contributed by atoms with Crippen LogP contribution in [0.15, 0.2) is 28.1 Å². The van der Waals surface area contributed by atoms with Crippen LogP contribution in [-0.2, 0) is 9.84 Å². The van der Waals surface area contributed by atoms with E-state index in [9.17, 15) is 12.8 Å². The average molecular weight is 230 g/mol. The highest BCUT2D eigenvalue weighted by Gasteiger charge is 2.14. The lowest BCUT2D eigenvalue weighted by molar-refractivity contribution is 0.570. The molecule has 0 saturated carbocycles. The first-order valence-electron chi connectivity index (χ1n) is 4.08. The van der Waals surface area contributed by atoms with Crippen molar-refractivity contribution >= 4 is 15.7 Å². The van der Waals surface area contributed by atoms with Crippen molar-refractivity contribution in [1.29, 1.82) is 0 Å². The van der Waals surface area contributed by atoms with Crippen molar-refractivity contribution in [2.45, 2.75) is 4.90 Å². The summed E-state index contributed by atoms with van der Waals surface area (Å²) < 4.78 is 35.6. The van der Waals surface area contributed by atoms with Gasteiger partial charge in [-0.1, -0.05) is 0 Å². The molecule has 15 heavy (non-hydrogen) atoms. The maximum atomic E-state index is 13.4. The summed E-state index contributed by atoms with van der Waals surface area (Å²) in [5.74, 6) is -0.657. The number of nitrogens with two attached hydrogens (primary N) is 1. The quantitative estimate of drug-likeness (QED) is 0.596. The third kappa shape index (κ3) is 2.53. The van der Waals surface area contributed by atoms with Crippen LogP contribution in [0.25, 0.3) is 0 Å². The van der Waals surface area contributed by atoms with Crippen molar-refractivity contribution in [1.82, 2.24) is 0 Å². The lowest BCUT2D eigenvalue weighted by Crippen LogP contribution is -2.14. The third-order valence-corrected chi connectivity index (χ3v) is 3.00. The van der Waals surface area contributed by atoms with Crippen molar-refractivity contribution in [2.24, 2.45) is 10.7 Å². The first-order chi connectivity index (χ1) is 6.86. The van der Waals surface area contributed by atoms with E-state index in [1.807, 2.05) is 0 Å². The number of hydrogen-bond acceptors (Lipinski definition) is 3. The molecule has 0 unspecified atom stereocenters. The van der Waals surface area contributed by atoms with Crippen LogP contribution in [-0.4, -0.2) is 27.6 Å². The minimum absolute atomic E-state index is 0.161. The Morgan fingerprint density at radius 1 is 1.47 bits per heavy atom. The van der Waals surface area contributed by atoms with Crippen molar-refractivity contribution in [3.05, 3.63) is 29.6 Å². The van der Waals surface area contributed by atoms with E-state index in [1.165, 1.54) is 19.2 Å². The monoisotopic (exact) mass is 230 g/mol. The summed E-state index contributed by atoms with van der Waals surface area (Å²) in [4.78, 5) is 3.33. The normalized spacial score (nSPS) is 12.9. The van der Waals surface area contributed by atoms with Crippen LogP contribution in [0.4, 0.5) is 4.39 Å². The van der Waals surface area contributed by atoms with E-state index in [1.54, 1.807) is 0 Å². The molecular formula is C9H11FN2O2S. The van der Waals surface area contributed by atoms with Crippen LogP contribution in [0.3, 0.4) is 0 Å². The molecule has 0 amide bonds. The molecule has 0 aliphatic rings. The highest BCUT2D eigenvalue weighted by Crippen LogP contribution is 2.15. The Morgan fingerprint density at radius 2 is 2.07 bits per heavy atom. The first-order valence-corrected chi connectivity index (χ1v) is 5.97. The molecule has 1 rings (SSSR count). The van der Waals surface area contributed by atoms with Gasteiger partial charge in [0.1, 0.15) is 16.5 Å². The van der Waals surface area contributed by atoms with Gasteiger partial charge in [-0.05, 0) is 18.2 Å². The van der Waals surface area contributed by atoms with Gasteiger partial charge in [0.15, 0.2) is 9.84 Å². The van der Waals surface area contributed by atoms with E-state index in [0.717, 1.165) is 12.3 Å². The van der Waals surface area contributed by atoms with E-state index in [4.69, 9.17) is 5.73 Å². The number of nitrogens with zero attached hydrogens (tertiary/aromatic N) is 1. The zero-order valence-corrected chi connectivity index (χ0v) is 9.18. The van der Waals surface area contributed by atoms with Gasteiger partial charge in [-0.2, -0.15) is 0 Å². The van der Waals surface area contributed by atoms with E-state index in [0.29, 0.717) is 5.56 Å². The maximum Gasteiger partial charge on any atom is 0.178 e. The van der Waals surface area contributed by atoms with Gasteiger partial charge in [0.05, 0.1) is 0 Å². The highest BCUT2D eigenvalue weighted by atomic mass is 32.2. The molecule has 1 aromatic carbocycles. The number of hydrogen-bond donors (Lipinski definition) is 1. The fraction of sp³-hybridized carbons (Fsp3) is 0.222. The molecule has 0 heterocycles. The van der Waals surface area contributed by atoms with Crippen LogP contribution in [0.1, 0.15) is 5.56 Å². The Hall–Kier alpha value is -1.43. The topological polar surface area (TPSA) is 72.5 Å². The molecule has 0 saturated heterocycles. The number of benzene rings is 1. The van der Waals surface area contributed by atoms with Gasteiger partial charge >= 0.3 is 0 Å². The Bertz CT molecular complexity index is 509. The molecule has 0 spiro atoms. The summed E-state index contributed by atoms with van der Waals surface area (Å²) in [6, 6.07) is 3.65. The fourth-order valence-corrected chi connectivity index (χ4v) is 1.82. The molecule has 1 aromatic rings.